The Kier molecular flexibility index (Phi) is 9.33. The zero-order valence-corrected chi connectivity index (χ0v) is 10.4. The molecule has 10 heteroatoms. The standard InChI is InChI=1S/C7H6N2O5.2H3N.Pd/c1-4-2-5(8(11)12)3-6(7(4)10)9(13)14;;;/h2-3,10H,1H3;2*1H3;/q;;;+2. The monoisotopic (exact) mass is 338 g/mol. The van der Waals surface area contributed by atoms with Gasteiger partial charge in [-0.3, -0.25) is 20.2 Å². The summed E-state index contributed by atoms with van der Waals surface area (Å²) in [6.07, 6.45) is 0. The van der Waals surface area contributed by atoms with Gasteiger partial charge in [0.1, 0.15) is 0 Å². The smallest absolute Gasteiger partial charge is 0.502 e. The van der Waals surface area contributed by atoms with Crippen molar-refractivity contribution in [1.29, 1.82) is 0 Å². The van der Waals surface area contributed by atoms with Crippen LogP contribution in [0.3, 0.4) is 0 Å². The van der Waals surface area contributed by atoms with Gasteiger partial charge >= 0.3 is 26.1 Å². The number of nitro groups is 2. The van der Waals surface area contributed by atoms with Gasteiger partial charge in [0, 0.05) is 11.6 Å². The topological polar surface area (TPSA) is 177 Å². The molecular formula is C7H12N4O5Pd+2. The van der Waals surface area contributed by atoms with E-state index < -0.39 is 27.0 Å². The maximum Gasteiger partial charge on any atom is 2.00 e. The zero-order chi connectivity index (χ0) is 10.9. The second-order valence-electron chi connectivity index (χ2n) is 2.64. The van der Waals surface area contributed by atoms with E-state index in [1.54, 1.807) is 0 Å². The summed E-state index contributed by atoms with van der Waals surface area (Å²) in [5.74, 6) is -0.541. The van der Waals surface area contributed by atoms with Crippen molar-refractivity contribution in [2.45, 2.75) is 6.92 Å². The molecule has 0 aliphatic heterocycles. The SMILES string of the molecule is Cc1cc([N+](=O)[O-])cc([N+](=O)[O-])c1O.N.N.[Pd+2]. The second kappa shape index (κ2) is 7.64. The number of aryl methyl sites for hydroxylation is 1. The van der Waals surface area contributed by atoms with Crippen LogP contribution < -0.4 is 12.3 Å². The van der Waals surface area contributed by atoms with E-state index in [0.29, 0.717) is 0 Å². The molecule has 1 aromatic carbocycles. The Morgan fingerprint density at radius 2 is 1.59 bits per heavy atom. The molecule has 0 spiro atoms. The Morgan fingerprint density at radius 1 is 1.12 bits per heavy atom. The van der Waals surface area contributed by atoms with Crippen LogP contribution >= 0.6 is 0 Å². The van der Waals surface area contributed by atoms with Gasteiger partial charge in [0.15, 0.2) is 5.75 Å². The Labute approximate surface area is 110 Å². The number of nitro benzene ring substituents is 2. The van der Waals surface area contributed by atoms with Crippen molar-refractivity contribution in [2.75, 3.05) is 0 Å². The number of phenols is 1. The summed E-state index contributed by atoms with van der Waals surface area (Å²) >= 11 is 0. The number of non-ortho nitro benzene ring substituents is 1. The van der Waals surface area contributed by atoms with Gasteiger partial charge in [-0.2, -0.15) is 0 Å². The van der Waals surface area contributed by atoms with E-state index in [0.717, 1.165) is 12.1 Å². The fourth-order valence-corrected chi connectivity index (χ4v) is 0.987. The van der Waals surface area contributed by atoms with E-state index in [1.165, 1.54) is 6.92 Å². The van der Waals surface area contributed by atoms with Gasteiger partial charge in [-0.15, -0.1) is 0 Å². The molecule has 1 rings (SSSR count). The van der Waals surface area contributed by atoms with Crippen molar-refractivity contribution in [3.8, 4) is 5.75 Å². The molecule has 0 saturated heterocycles. The summed E-state index contributed by atoms with van der Waals surface area (Å²) in [6, 6.07) is 1.80. The molecule has 0 unspecified atom stereocenters. The van der Waals surface area contributed by atoms with E-state index in [-0.39, 0.29) is 38.3 Å². The van der Waals surface area contributed by atoms with Gasteiger partial charge in [-0.05, 0) is 6.92 Å². The van der Waals surface area contributed by atoms with Crippen molar-refractivity contribution in [1.82, 2.24) is 12.3 Å². The Balaban J connectivity index is -0.000000653. The van der Waals surface area contributed by atoms with Gasteiger partial charge in [0.05, 0.1) is 15.9 Å². The number of benzene rings is 1. The molecule has 0 aliphatic rings. The minimum absolute atomic E-state index is 0. The quantitative estimate of drug-likeness (QED) is 0.418. The van der Waals surface area contributed by atoms with Crippen LogP contribution in [0.5, 0.6) is 5.75 Å². The van der Waals surface area contributed by atoms with Gasteiger partial charge < -0.3 is 17.4 Å². The maximum atomic E-state index is 10.4. The number of aromatic hydroxyl groups is 1. The summed E-state index contributed by atoms with van der Waals surface area (Å²) in [6.45, 7) is 1.36. The summed E-state index contributed by atoms with van der Waals surface area (Å²) < 4.78 is 0. The third-order valence-corrected chi connectivity index (χ3v) is 1.67. The van der Waals surface area contributed by atoms with Gasteiger partial charge in [0.2, 0.25) is 0 Å². The maximum absolute atomic E-state index is 10.4. The molecule has 0 radical (unpaired) electrons. The van der Waals surface area contributed by atoms with Crippen LogP contribution in [0.4, 0.5) is 11.4 Å². The largest absolute Gasteiger partial charge is 2.00 e. The second-order valence-corrected chi connectivity index (χ2v) is 2.64. The first-order valence-corrected chi connectivity index (χ1v) is 3.56. The van der Waals surface area contributed by atoms with Crippen molar-refractivity contribution in [2.24, 2.45) is 0 Å². The van der Waals surface area contributed by atoms with Crippen molar-refractivity contribution in [3.63, 3.8) is 0 Å². The van der Waals surface area contributed by atoms with Crippen molar-refractivity contribution >= 4 is 11.4 Å². The predicted molar refractivity (Wildman–Crippen MR) is 56.2 cm³/mol. The van der Waals surface area contributed by atoms with Crippen molar-refractivity contribution < 1.29 is 35.4 Å². The zero-order valence-electron chi connectivity index (χ0n) is 8.86. The first-order valence-electron chi connectivity index (χ1n) is 3.56. The number of hydrogen-bond acceptors (Lipinski definition) is 7. The van der Waals surface area contributed by atoms with Crippen LogP contribution in [-0.2, 0) is 20.4 Å². The fraction of sp³-hybridized carbons (Fsp3) is 0.143. The third-order valence-electron chi connectivity index (χ3n) is 1.67. The van der Waals surface area contributed by atoms with E-state index in [4.69, 9.17) is 0 Å². The molecular weight excluding hydrogens is 327 g/mol. The van der Waals surface area contributed by atoms with E-state index >= 15 is 0 Å². The summed E-state index contributed by atoms with van der Waals surface area (Å²) in [5.41, 5.74) is -0.963. The molecule has 7 N–H and O–H groups in total. The summed E-state index contributed by atoms with van der Waals surface area (Å²) in [7, 11) is 0. The molecule has 0 heterocycles. The van der Waals surface area contributed by atoms with E-state index in [9.17, 15) is 25.3 Å². The van der Waals surface area contributed by atoms with Crippen molar-refractivity contribution in [3.05, 3.63) is 37.9 Å². The molecule has 0 aliphatic carbocycles. The molecule has 98 valence electrons. The van der Waals surface area contributed by atoms with Gasteiger partial charge in [0.25, 0.3) is 5.69 Å². The predicted octanol–water partition coefficient (Wildman–Crippen LogP) is 1.84. The normalized spacial score (nSPS) is 8.06. The molecule has 0 aromatic heterocycles. The number of nitrogens with zero attached hydrogens (tertiary/aromatic N) is 2. The average molecular weight is 339 g/mol. The van der Waals surface area contributed by atoms with Gasteiger partial charge in [-0.1, -0.05) is 0 Å². The van der Waals surface area contributed by atoms with Crippen LogP contribution in [0.15, 0.2) is 12.1 Å². The number of rotatable bonds is 2. The molecule has 9 nitrogen and oxygen atoms in total. The molecule has 1 aromatic rings. The molecule has 0 fully saturated rings. The first kappa shape index (κ1) is 20.8. The average Bonchev–Trinajstić information content (AvgIpc) is 2.08. The molecule has 0 amide bonds. The first-order chi connectivity index (χ1) is 6.43. The van der Waals surface area contributed by atoms with Crippen LogP contribution in [-0.4, -0.2) is 15.0 Å². The van der Waals surface area contributed by atoms with Crippen LogP contribution in [0.25, 0.3) is 0 Å². The van der Waals surface area contributed by atoms with Crippen LogP contribution in [0.2, 0.25) is 0 Å². The van der Waals surface area contributed by atoms with E-state index in [2.05, 4.69) is 0 Å². The molecule has 0 saturated carbocycles. The molecule has 0 atom stereocenters. The Morgan fingerprint density at radius 3 is 1.94 bits per heavy atom. The van der Waals surface area contributed by atoms with Crippen LogP contribution in [0, 0.1) is 27.2 Å². The molecule has 17 heavy (non-hydrogen) atoms. The Bertz CT molecular complexity index is 425. The summed E-state index contributed by atoms with van der Waals surface area (Å²) in [4.78, 5) is 19.1. The van der Waals surface area contributed by atoms with Gasteiger partial charge in [-0.25, -0.2) is 0 Å². The van der Waals surface area contributed by atoms with Crippen LogP contribution in [0.1, 0.15) is 5.56 Å². The third kappa shape index (κ3) is 4.41. The fourth-order valence-electron chi connectivity index (χ4n) is 0.987. The van der Waals surface area contributed by atoms with E-state index in [1.807, 2.05) is 0 Å². The minimum Gasteiger partial charge on any atom is -0.502 e. The Hall–Kier alpha value is -1.60. The molecule has 0 bridgehead atoms. The number of hydrogen-bond donors (Lipinski definition) is 3. The number of phenolic OH excluding ortho intramolecular Hbond substituents is 1. The minimum atomic E-state index is -0.866. The summed E-state index contributed by atoms with van der Waals surface area (Å²) in [5, 5.41) is 29.9.